The number of halogens is 1. The number of hydrogen-bond acceptors (Lipinski definition) is 3. The zero-order valence-electron chi connectivity index (χ0n) is 6.30. The highest BCUT2D eigenvalue weighted by Gasteiger charge is 2.06. The van der Waals surface area contributed by atoms with Crippen LogP contribution in [-0.4, -0.2) is 23.1 Å². The van der Waals surface area contributed by atoms with Gasteiger partial charge in [-0.25, -0.2) is 0 Å². The van der Waals surface area contributed by atoms with E-state index in [1.165, 1.54) is 0 Å². The van der Waals surface area contributed by atoms with Crippen LogP contribution in [0, 0.1) is 0 Å². The molecule has 0 bridgehead atoms. The summed E-state index contributed by atoms with van der Waals surface area (Å²) < 4.78 is 0. The topological polar surface area (TPSA) is 89.3 Å². The lowest BCUT2D eigenvalue weighted by Gasteiger charge is -1.98. The molecule has 0 heterocycles. The molecule has 0 saturated carbocycles. The molecule has 0 atom stereocenters. The Kier molecular flexibility index (Phi) is 5.27. The first-order chi connectivity index (χ1) is 5.56. The average Bonchev–Trinajstić information content (AvgIpc) is 2.00. The van der Waals surface area contributed by atoms with Gasteiger partial charge in [0.25, 0.3) is 0 Å². The maximum Gasteiger partial charge on any atom is 0.237 e. The minimum absolute atomic E-state index is 0.0403. The first-order valence-electron chi connectivity index (χ1n) is 3.23. The van der Waals surface area contributed by atoms with Gasteiger partial charge in [0, 0.05) is 12.8 Å². The number of alkyl halides is 1. The number of primary amides is 1. The van der Waals surface area contributed by atoms with Gasteiger partial charge in [0.2, 0.25) is 17.7 Å². The molecule has 0 rings (SSSR count). The van der Waals surface area contributed by atoms with Crippen LogP contribution in [0.3, 0.4) is 0 Å². The van der Waals surface area contributed by atoms with Crippen molar-refractivity contribution in [2.75, 3.05) is 5.33 Å². The van der Waals surface area contributed by atoms with Crippen molar-refractivity contribution in [3.05, 3.63) is 0 Å². The summed E-state index contributed by atoms with van der Waals surface area (Å²) in [4.78, 5) is 31.5. The van der Waals surface area contributed by atoms with Crippen molar-refractivity contribution >= 4 is 33.7 Å². The van der Waals surface area contributed by atoms with E-state index in [9.17, 15) is 14.4 Å². The minimum atomic E-state index is -0.559. The van der Waals surface area contributed by atoms with Gasteiger partial charge in [0.1, 0.15) is 0 Å². The second-order valence-electron chi connectivity index (χ2n) is 2.07. The highest BCUT2D eigenvalue weighted by molar-refractivity contribution is 9.09. The third-order valence-corrected chi connectivity index (χ3v) is 1.51. The number of nitrogens with two attached hydrogens (primary N) is 1. The third-order valence-electron chi connectivity index (χ3n) is 0.999. The molecular formula is C6H9BrN2O3. The summed E-state index contributed by atoms with van der Waals surface area (Å²) in [5, 5.41) is 2.12. The molecule has 0 radical (unpaired) electrons. The molecular weight excluding hydrogens is 228 g/mol. The number of hydrogen-bond donors (Lipinski definition) is 2. The highest BCUT2D eigenvalue weighted by atomic mass is 79.9. The van der Waals surface area contributed by atoms with E-state index in [2.05, 4.69) is 21.2 Å². The molecule has 0 aliphatic rings. The van der Waals surface area contributed by atoms with Crippen molar-refractivity contribution in [2.24, 2.45) is 5.73 Å². The van der Waals surface area contributed by atoms with Crippen LogP contribution in [0.4, 0.5) is 0 Å². The Labute approximate surface area is 77.8 Å². The fourth-order valence-electron chi connectivity index (χ4n) is 0.488. The van der Waals surface area contributed by atoms with E-state index in [4.69, 9.17) is 5.73 Å². The molecule has 0 fully saturated rings. The van der Waals surface area contributed by atoms with Crippen LogP contribution >= 0.6 is 15.9 Å². The smallest absolute Gasteiger partial charge is 0.237 e. The molecule has 3 amide bonds. The number of carbonyl (C=O) groups is 3. The normalized spacial score (nSPS) is 9.08. The summed E-state index contributed by atoms with van der Waals surface area (Å²) >= 11 is 2.87. The van der Waals surface area contributed by atoms with Crippen LogP contribution in [0.1, 0.15) is 12.8 Å². The Morgan fingerprint density at radius 3 is 2.17 bits per heavy atom. The number of amides is 3. The second kappa shape index (κ2) is 5.70. The van der Waals surface area contributed by atoms with E-state index in [1.807, 2.05) is 0 Å². The summed E-state index contributed by atoms with van der Waals surface area (Å²) in [5.74, 6) is -1.47. The fraction of sp³-hybridized carbons (Fsp3) is 0.500. The van der Waals surface area contributed by atoms with Crippen molar-refractivity contribution < 1.29 is 14.4 Å². The van der Waals surface area contributed by atoms with Gasteiger partial charge in [-0.2, -0.15) is 0 Å². The Hall–Kier alpha value is -0.910. The highest BCUT2D eigenvalue weighted by Crippen LogP contribution is 1.87. The van der Waals surface area contributed by atoms with Gasteiger partial charge < -0.3 is 5.73 Å². The molecule has 0 spiro atoms. The second-order valence-corrected chi connectivity index (χ2v) is 2.63. The molecule has 0 aliphatic heterocycles. The van der Waals surface area contributed by atoms with E-state index in [-0.39, 0.29) is 18.2 Å². The molecule has 0 aromatic carbocycles. The first kappa shape index (κ1) is 11.1. The summed E-state index contributed by atoms with van der Waals surface area (Å²) in [7, 11) is 0. The SMILES string of the molecule is NC(=O)CCC(=O)NC(=O)CBr. The van der Waals surface area contributed by atoms with Crippen molar-refractivity contribution in [1.82, 2.24) is 5.32 Å². The number of rotatable bonds is 4. The maximum atomic E-state index is 10.8. The number of nitrogens with one attached hydrogen (secondary N) is 1. The summed E-state index contributed by atoms with van der Waals surface area (Å²) in [5.41, 5.74) is 4.79. The molecule has 12 heavy (non-hydrogen) atoms. The Morgan fingerprint density at radius 1 is 1.17 bits per heavy atom. The van der Waals surface area contributed by atoms with Gasteiger partial charge in [-0.3, -0.25) is 19.7 Å². The molecule has 3 N–H and O–H groups in total. The predicted molar refractivity (Wildman–Crippen MR) is 45.4 cm³/mol. The van der Waals surface area contributed by atoms with Crippen LogP contribution in [0.5, 0.6) is 0 Å². The number of imide groups is 1. The van der Waals surface area contributed by atoms with Gasteiger partial charge >= 0.3 is 0 Å². The lowest BCUT2D eigenvalue weighted by Crippen LogP contribution is -2.31. The van der Waals surface area contributed by atoms with Crippen LogP contribution in [0.15, 0.2) is 0 Å². The van der Waals surface area contributed by atoms with Gasteiger partial charge in [-0.1, -0.05) is 15.9 Å². The maximum absolute atomic E-state index is 10.8. The van der Waals surface area contributed by atoms with E-state index in [0.717, 1.165) is 0 Å². The zero-order valence-corrected chi connectivity index (χ0v) is 7.89. The molecule has 0 aromatic heterocycles. The van der Waals surface area contributed by atoms with Gasteiger partial charge in [0.15, 0.2) is 0 Å². The quantitative estimate of drug-likeness (QED) is 0.633. The summed E-state index contributed by atoms with van der Waals surface area (Å²) in [6, 6.07) is 0. The molecule has 0 aromatic rings. The Morgan fingerprint density at radius 2 is 1.75 bits per heavy atom. The van der Waals surface area contributed by atoms with Crippen molar-refractivity contribution in [3.63, 3.8) is 0 Å². The van der Waals surface area contributed by atoms with E-state index in [0.29, 0.717) is 0 Å². The number of carbonyl (C=O) groups excluding carboxylic acids is 3. The van der Waals surface area contributed by atoms with Crippen molar-refractivity contribution in [2.45, 2.75) is 12.8 Å². The van der Waals surface area contributed by atoms with E-state index >= 15 is 0 Å². The molecule has 0 unspecified atom stereocenters. The van der Waals surface area contributed by atoms with Gasteiger partial charge in [-0.15, -0.1) is 0 Å². The molecule has 6 heteroatoms. The molecule has 68 valence electrons. The van der Waals surface area contributed by atoms with Crippen molar-refractivity contribution in [1.29, 1.82) is 0 Å². The van der Waals surface area contributed by atoms with Crippen molar-refractivity contribution in [3.8, 4) is 0 Å². The third kappa shape index (κ3) is 5.84. The molecule has 0 saturated heterocycles. The lowest BCUT2D eigenvalue weighted by atomic mass is 10.3. The molecule has 5 nitrogen and oxygen atoms in total. The largest absolute Gasteiger partial charge is 0.370 e. The first-order valence-corrected chi connectivity index (χ1v) is 4.35. The van der Waals surface area contributed by atoms with Gasteiger partial charge in [0.05, 0.1) is 5.33 Å². The average molecular weight is 237 g/mol. The van der Waals surface area contributed by atoms with Gasteiger partial charge in [-0.05, 0) is 0 Å². The van der Waals surface area contributed by atoms with E-state index in [1.54, 1.807) is 0 Å². The Balaban J connectivity index is 3.60. The lowest BCUT2D eigenvalue weighted by molar-refractivity contribution is -0.130. The fourth-order valence-corrected chi connectivity index (χ4v) is 0.628. The Bertz CT molecular complexity index is 205. The van der Waals surface area contributed by atoms with E-state index < -0.39 is 17.7 Å². The zero-order chi connectivity index (χ0) is 9.56. The molecule has 0 aliphatic carbocycles. The van der Waals surface area contributed by atoms with Crippen LogP contribution in [0.2, 0.25) is 0 Å². The van der Waals surface area contributed by atoms with Crippen LogP contribution < -0.4 is 11.1 Å². The standard InChI is InChI=1S/C6H9BrN2O3/c7-3-6(12)9-5(11)2-1-4(8)10/h1-3H2,(H2,8,10)(H,9,11,12). The predicted octanol–water partition coefficient (Wildman–Crippen LogP) is -0.710. The summed E-state index contributed by atoms with van der Waals surface area (Å²) in [6.07, 6.45) is -0.0878. The van der Waals surface area contributed by atoms with Crippen LogP contribution in [-0.2, 0) is 14.4 Å². The minimum Gasteiger partial charge on any atom is -0.370 e. The van der Waals surface area contributed by atoms with Crippen LogP contribution in [0.25, 0.3) is 0 Å². The monoisotopic (exact) mass is 236 g/mol. The summed E-state index contributed by atoms with van der Waals surface area (Å²) in [6.45, 7) is 0.